The van der Waals surface area contributed by atoms with Gasteiger partial charge in [0.05, 0.1) is 6.04 Å². The Morgan fingerprint density at radius 1 is 1.40 bits per heavy atom. The van der Waals surface area contributed by atoms with E-state index in [9.17, 15) is 4.79 Å². The lowest BCUT2D eigenvalue weighted by Crippen LogP contribution is -2.50. The van der Waals surface area contributed by atoms with Gasteiger partial charge in [-0.15, -0.1) is 0 Å². The third kappa shape index (κ3) is 2.76. The van der Waals surface area contributed by atoms with Crippen molar-refractivity contribution in [2.24, 2.45) is 10.9 Å². The molecule has 1 fully saturated rings. The van der Waals surface area contributed by atoms with Crippen molar-refractivity contribution in [2.45, 2.75) is 39.2 Å². The predicted octanol–water partition coefficient (Wildman–Crippen LogP) is 2.04. The molecule has 1 aromatic rings. The van der Waals surface area contributed by atoms with Crippen LogP contribution < -0.4 is 5.73 Å². The van der Waals surface area contributed by atoms with Gasteiger partial charge in [-0.1, -0.05) is 22.9 Å². The molecule has 1 atom stereocenters. The van der Waals surface area contributed by atoms with E-state index in [2.05, 4.69) is 5.16 Å². The average Bonchev–Trinajstić information content (AvgIpc) is 2.48. The van der Waals surface area contributed by atoms with E-state index in [4.69, 9.17) is 10.9 Å². The van der Waals surface area contributed by atoms with Gasteiger partial charge in [0, 0.05) is 12.1 Å². The van der Waals surface area contributed by atoms with Crippen molar-refractivity contribution in [1.29, 1.82) is 0 Å². The molecule has 1 heterocycles. The monoisotopic (exact) mass is 275 g/mol. The van der Waals surface area contributed by atoms with Crippen molar-refractivity contribution in [1.82, 2.24) is 4.90 Å². The van der Waals surface area contributed by atoms with Crippen LogP contribution in [0.3, 0.4) is 0 Å². The highest BCUT2D eigenvalue weighted by atomic mass is 16.4. The summed E-state index contributed by atoms with van der Waals surface area (Å²) in [6.45, 7) is 4.54. The number of rotatable bonds is 2. The van der Waals surface area contributed by atoms with Gasteiger partial charge in [0.15, 0.2) is 5.84 Å². The quantitative estimate of drug-likeness (QED) is 0.375. The van der Waals surface area contributed by atoms with Crippen LogP contribution in [0.4, 0.5) is 0 Å². The molecule has 0 aromatic heterocycles. The lowest BCUT2D eigenvalue weighted by atomic mass is 9.98. The molecule has 5 nitrogen and oxygen atoms in total. The molecule has 1 unspecified atom stereocenters. The SMILES string of the molecule is Cc1ccc(C)c(C(=O)N2CCCCC2C(N)=NO)c1. The lowest BCUT2D eigenvalue weighted by molar-refractivity contribution is 0.0676. The van der Waals surface area contributed by atoms with E-state index in [-0.39, 0.29) is 17.8 Å². The zero-order valence-electron chi connectivity index (χ0n) is 12.0. The number of oxime groups is 1. The average molecular weight is 275 g/mol. The van der Waals surface area contributed by atoms with Gasteiger partial charge in [0.25, 0.3) is 5.91 Å². The maximum atomic E-state index is 12.7. The maximum absolute atomic E-state index is 12.7. The van der Waals surface area contributed by atoms with Crippen LogP contribution in [0.1, 0.15) is 40.7 Å². The number of carbonyl (C=O) groups excluding carboxylic acids is 1. The third-order valence-corrected chi connectivity index (χ3v) is 3.84. The van der Waals surface area contributed by atoms with Crippen LogP contribution in [-0.4, -0.2) is 34.4 Å². The number of hydrogen-bond acceptors (Lipinski definition) is 3. The zero-order valence-corrected chi connectivity index (χ0v) is 12.0. The smallest absolute Gasteiger partial charge is 0.254 e. The Morgan fingerprint density at radius 3 is 2.85 bits per heavy atom. The van der Waals surface area contributed by atoms with E-state index >= 15 is 0 Å². The molecule has 20 heavy (non-hydrogen) atoms. The summed E-state index contributed by atoms with van der Waals surface area (Å²) in [6.07, 6.45) is 2.68. The van der Waals surface area contributed by atoms with E-state index in [0.29, 0.717) is 12.1 Å². The Morgan fingerprint density at radius 2 is 2.15 bits per heavy atom. The lowest BCUT2D eigenvalue weighted by Gasteiger charge is -2.35. The molecule has 2 rings (SSSR count). The molecule has 0 saturated carbocycles. The summed E-state index contributed by atoms with van der Waals surface area (Å²) in [7, 11) is 0. The molecule has 0 aliphatic carbocycles. The summed E-state index contributed by atoms with van der Waals surface area (Å²) in [6, 6.07) is 5.53. The van der Waals surface area contributed by atoms with Gasteiger partial charge in [0.2, 0.25) is 0 Å². The Balaban J connectivity index is 2.32. The number of aryl methyl sites for hydroxylation is 2. The molecule has 3 N–H and O–H groups in total. The summed E-state index contributed by atoms with van der Waals surface area (Å²) in [4.78, 5) is 14.5. The Kier molecular flexibility index (Phi) is 4.27. The van der Waals surface area contributed by atoms with E-state index in [1.54, 1.807) is 4.90 Å². The number of amides is 1. The van der Waals surface area contributed by atoms with E-state index < -0.39 is 0 Å². The third-order valence-electron chi connectivity index (χ3n) is 3.84. The first-order chi connectivity index (χ1) is 9.54. The number of nitrogens with two attached hydrogens (primary N) is 1. The van der Waals surface area contributed by atoms with Crippen LogP contribution in [0.2, 0.25) is 0 Å². The Bertz CT molecular complexity index is 540. The van der Waals surface area contributed by atoms with E-state index in [0.717, 1.165) is 30.4 Å². The van der Waals surface area contributed by atoms with E-state index in [1.807, 2.05) is 32.0 Å². The number of amidine groups is 1. The molecule has 0 radical (unpaired) electrons. The molecular formula is C15H21N3O2. The first kappa shape index (κ1) is 14.4. The summed E-state index contributed by atoms with van der Waals surface area (Å²) < 4.78 is 0. The second-order valence-electron chi connectivity index (χ2n) is 5.35. The second kappa shape index (κ2) is 5.94. The van der Waals surface area contributed by atoms with Gasteiger partial charge in [-0.2, -0.15) is 0 Å². The Hall–Kier alpha value is -2.04. The number of likely N-dealkylation sites (tertiary alicyclic amines) is 1. The van der Waals surface area contributed by atoms with Crippen molar-refractivity contribution < 1.29 is 10.0 Å². The number of hydrogen-bond donors (Lipinski definition) is 2. The summed E-state index contributed by atoms with van der Waals surface area (Å²) in [5.41, 5.74) is 8.43. The van der Waals surface area contributed by atoms with Gasteiger partial charge in [-0.05, 0) is 44.7 Å². The van der Waals surface area contributed by atoms with Gasteiger partial charge >= 0.3 is 0 Å². The second-order valence-corrected chi connectivity index (χ2v) is 5.35. The minimum absolute atomic E-state index is 0.0394. The minimum atomic E-state index is -0.304. The molecule has 1 aromatic carbocycles. The summed E-state index contributed by atoms with van der Waals surface area (Å²) >= 11 is 0. The molecule has 108 valence electrons. The fraction of sp³-hybridized carbons (Fsp3) is 0.467. The van der Waals surface area contributed by atoms with Crippen molar-refractivity contribution in [3.05, 3.63) is 34.9 Å². The molecular weight excluding hydrogens is 254 g/mol. The molecule has 1 aliphatic rings. The van der Waals surface area contributed by atoms with Crippen LogP contribution in [0.15, 0.2) is 23.4 Å². The maximum Gasteiger partial charge on any atom is 0.254 e. The summed E-state index contributed by atoms with van der Waals surface area (Å²) in [5, 5.41) is 12.0. The molecule has 0 bridgehead atoms. The van der Waals surface area contributed by atoms with Crippen LogP contribution in [-0.2, 0) is 0 Å². The van der Waals surface area contributed by atoms with Crippen LogP contribution in [0, 0.1) is 13.8 Å². The first-order valence-electron chi connectivity index (χ1n) is 6.90. The highest BCUT2D eigenvalue weighted by molar-refractivity contribution is 5.99. The minimum Gasteiger partial charge on any atom is -0.409 e. The molecule has 1 amide bonds. The van der Waals surface area contributed by atoms with E-state index in [1.165, 1.54) is 0 Å². The standard InChI is InChI=1S/C15H21N3O2/c1-10-6-7-11(2)12(9-10)15(19)18-8-4-3-5-13(18)14(16)17-20/h6-7,9,13,20H,3-5,8H2,1-2H3,(H2,16,17). The zero-order chi connectivity index (χ0) is 14.7. The number of carbonyl (C=O) groups is 1. The fourth-order valence-electron chi connectivity index (χ4n) is 2.67. The normalized spacial score (nSPS) is 20.0. The fourth-order valence-corrected chi connectivity index (χ4v) is 2.67. The molecule has 5 heteroatoms. The van der Waals surface area contributed by atoms with Gasteiger partial charge in [0.1, 0.15) is 0 Å². The molecule has 0 spiro atoms. The van der Waals surface area contributed by atoms with Crippen molar-refractivity contribution in [3.8, 4) is 0 Å². The predicted molar refractivity (Wildman–Crippen MR) is 78.0 cm³/mol. The van der Waals surface area contributed by atoms with Crippen LogP contribution in [0.5, 0.6) is 0 Å². The van der Waals surface area contributed by atoms with Crippen LogP contribution >= 0.6 is 0 Å². The first-order valence-corrected chi connectivity index (χ1v) is 6.90. The van der Waals surface area contributed by atoms with Gasteiger partial charge in [-0.3, -0.25) is 4.79 Å². The summed E-state index contributed by atoms with van der Waals surface area (Å²) in [5.74, 6) is 0.0749. The van der Waals surface area contributed by atoms with Crippen LogP contribution in [0.25, 0.3) is 0 Å². The molecule has 1 saturated heterocycles. The van der Waals surface area contributed by atoms with Gasteiger partial charge in [-0.25, -0.2) is 0 Å². The Labute approximate surface area is 119 Å². The van der Waals surface area contributed by atoms with Crippen molar-refractivity contribution in [2.75, 3.05) is 6.54 Å². The topological polar surface area (TPSA) is 78.9 Å². The highest BCUT2D eigenvalue weighted by Gasteiger charge is 2.31. The van der Waals surface area contributed by atoms with Gasteiger partial charge < -0.3 is 15.8 Å². The molecule has 1 aliphatic heterocycles. The number of piperidine rings is 1. The van der Waals surface area contributed by atoms with Crippen molar-refractivity contribution in [3.63, 3.8) is 0 Å². The number of benzene rings is 1. The highest BCUT2D eigenvalue weighted by Crippen LogP contribution is 2.22. The van der Waals surface area contributed by atoms with Crippen molar-refractivity contribution >= 4 is 11.7 Å². The largest absolute Gasteiger partial charge is 0.409 e. The number of nitrogens with zero attached hydrogens (tertiary/aromatic N) is 2.